The van der Waals surface area contributed by atoms with Gasteiger partial charge in [-0.2, -0.15) is 5.10 Å². The van der Waals surface area contributed by atoms with Gasteiger partial charge < -0.3 is 10.3 Å². The molecule has 0 bridgehead atoms. The summed E-state index contributed by atoms with van der Waals surface area (Å²) in [6.07, 6.45) is 1.05. The summed E-state index contributed by atoms with van der Waals surface area (Å²) in [6.45, 7) is 3.94. The number of nitrogens with zero attached hydrogens (tertiary/aromatic N) is 2. The van der Waals surface area contributed by atoms with Gasteiger partial charge in [0.2, 0.25) is 5.91 Å². The number of imidazole rings is 1. The first-order chi connectivity index (χ1) is 13.6. The molecular weight excluding hydrogens is 350 g/mol. The summed E-state index contributed by atoms with van der Waals surface area (Å²) in [7, 11) is 0. The number of aromatic amines is 2. The number of H-pyrrole nitrogens is 2. The highest BCUT2D eigenvalue weighted by Gasteiger charge is 2.20. The molecule has 0 fully saturated rings. The van der Waals surface area contributed by atoms with E-state index in [4.69, 9.17) is 4.98 Å². The van der Waals surface area contributed by atoms with Gasteiger partial charge in [-0.05, 0) is 43.5 Å². The van der Waals surface area contributed by atoms with E-state index >= 15 is 0 Å². The molecule has 0 saturated carbocycles. The number of para-hydroxylation sites is 2. The quantitative estimate of drug-likeness (QED) is 0.481. The van der Waals surface area contributed by atoms with Crippen molar-refractivity contribution in [2.75, 3.05) is 0 Å². The second-order valence-electron chi connectivity index (χ2n) is 6.96. The maximum atomic E-state index is 12.7. The Kier molecular flexibility index (Phi) is 4.93. The SMILES string of the molecule is Cc1n[nH]c(C)c1CCC(=O)N[C@@H](c1ccccc1)c1nc2ccccc2[nH]1. The number of hydrogen-bond donors (Lipinski definition) is 3. The lowest BCUT2D eigenvalue weighted by atomic mass is 10.0. The summed E-state index contributed by atoms with van der Waals surface area (Å²) < 4.78 is 0. The lowest BCUT2D eigenvalue weighted by Crippen LogP contribution is -2.30. The maximum Gasteiger partial charge on any atom is 0.221 e. The van der Waals surface area contributed by atoms with E-state index in [1.54, 1.807) is 0 Å². The lowest BCUT2D eigenvalue weighted by Gasteiger charge is -2.17. The summed E-state index contributed by atoms with van der Waals surface area (Å²) >= 11 is 0. The van der Waals surface area contributed by atoms with Gasteiger partial charge in [-0.1, -0.05) is 42.5 Å². The van der Waals surface area contributed by atoms with Crippen LogP contribution in [-0.4, -0.2) is 26.1 Å². The zero-order valence-electron chi connectivity index (χ0n) is 16.0. The van der Waals surface area contributed by atoms with Crippen LogP contribution in [0.25, 0.3) is 11.0 Å². The van der Waals surface area contributed by atoms with Gasteiger partial charge in [0.1, 0.15) is 11.9 Å². The molecule has 0 aliphatic carbocycles. The van der Waals surface area contributed by atoms with Crippen LogP contribution in [0.5, 0.6) is 0 Å². The first-order valence-electron chi connectivity index (χ1n) is 9.41. The first-order valence-corrected chi connectivity index (χ1v) is 9.41. The van der Waals surface area contributed by atoms with Crippen LogP contribution in [0, 0.1) is 13.8 Å². The molecule has 0 saturated heterocycles. The number of benzene rings is 2. The molecule has 3 N–H and O–H groups in total. The number of carbonyl (C=O) groups excluding carboxylic acids is 1. The summed E-state index contributed by atoms with van der Waals surface area (Å²) in [4.78, 5) is 20.8. The third-order valence-electron chi connectivity index (χ3n) is 5.00. The van der Waals surface area contributed by atoms with Crippen LogP contribution >= 0.6 is 0 Å². The monoisotopic (exact) mass is 373 g/mol. The molecule has 4 aromatic rings. The van der Waals surface area contributed by atoms with Crippen LogP contribution in [0.15, 0.2) is 54.6 Å². The smallest absolute Gasteiger partial charge is 0.221 e. The number of hydrogen-bond acceptors (Lipinski definition) is 3. The fraction of sp³-hybridized carbons (Fsp3) is 0.227. The van der Waals surface area contributed by atoms with Crippen molar-refractivity contribution in [3.63, 3.8) is 0 Å². The second-order valence-corrected chi connectivity index (χ2v) is 6.96. The number of aryl methyl sites for hydroxylation is 2. The molecule has 0 aliphatic heterocycles. The van der Waals surface area contributed by atoms with Gasteiger partial charge in [0.25, 0.3) is 0 Å². The average molecular weight is 373 g/mol. The van der Waals surface area contributed by atoms with E-state index in [0.29, 0.717) is 12.8 Å². The van der Waals surface area contributed by atoms with Crippen LogP contribution < -0.4 is 5.32 Å². The lowest BCUT2D eigenvalue weighted by molar-refractivity contribution is -0.121. The highest BCUT2D eigenvalue weighted by molar-refractivity contribution is 5.78. The molecule has 142 valence electrons. The number of fused-ring (bicyclic) bond motifs is 1. The summed E-state index contributed by atoms with van der Waals surface area (Å²) in [5, 5.41) is 10.3. The van der Waals surface area contributed by atoms with Crippen molar-refractivity contribution in [1.29, 1.82) is 0 Å². The molecule has 0 spiro atoms. The number of aromatic nitrogens is 4. The summed E-state index contributed by atoms with van der Waals surface area (Å²) in [5.74, 6) is 0.714. The van der Waals surface area contributed by atoms with Gasteiger partial charge in [0.15, 0.2) is 0 Å². The van der Waals surface area contributed by atoms with E-state index < -0.39 is 0 Å². The fourth-order valence-corrected chi connectivity index (χ4v) is 3.48. The molecule has 6 nitrogen and oxygen atoms in total. The Bertz CT molecular complexity index is 1040. The van der Waals surface area contributed by atoms with Gasteiger partial charge in [0, 0.05) is 12.1 Å². The molecule has 6 heteroatoms. The maximum absolute atomic E-state index is 12.7. The Labute approximate surface area is 163 Å². The molecule has 2 aromatic carbocycles. The van der Waals surface area contributed by atoms with Crippen molar-refractivity contribution in [3.8, 4) is 0 Å². The van der Waals surface area contributed by atoms with Gasteiger partial charge in [-0.3, -0.25) is 9.89 Å². The minimum atomic E-state index is -0.326. The summed E-state index contributed by atoms with van der Waals surface area (Å²) in [6, 6.07) is 17.5. The Balaban J connectivity index is 1.56. The van der Waals surface area contributed by atoms with Crippen molar-refractivity contribution >= 4 is 16.9 Å². The Hall–Kier alpha value is -3.41. The topological polar surface area (TPSA) is 86.5 Å². The van der Waals surface area contributed by atoms with E-state index in [1.165, 1.54) is 0 Å². The van der Waals surface area contributed by atoms with E-state index in [2.05, 4.69) is 20.5 Å². The Morgan fingerprint density at radius 2 is 1.82 bits per heavy atom. The molecule has 1 amide bonds. The van der Waals surface area contributed by atoms with Crippen LogP contribution in [0.3, 0.4) is 0 Å². The predicted octanol–water partition coefficient (Wildman–Crippen LogP) is 3.74. The number of amides is 1. The van der Waals surface area contributed by atoms with E-state index in [1.807, 2.05) is 68.4 Å². The van der Waals surface area contributed by atoms with Gasteiger partial charge in [0.05, 0.1) is 16.7 Å². The summed E-state index contributed by atoms with van der Waals surface area (Å²) in [5.41, 5.74) is 5.90. The number of carbonyl (C=O) groups is 1. The van der Waals surface area contributed by atoms with Crippen LogP contribution in [-0.2, 0) is 11.2 Å². The molecule has 0 unspecified atom stereocenters. The predicted molar refractivity (Wildman–Crippen MR) is 109 cm³/mol. The molecule has 1 atom stereocenters. The molecule has 2 heterocycles. The standard InChI is InChI=1S/C22H23N5O/c1-14-17(15(2)27-26-14)12-13-20(28)25-21(16-8-4-3-5-9-16)22-23-18-10-6-7-11-19(18)24-22/h3-11,21H,12-13H2,1-2H3,(H,23,24)(H,25,28)(H,26,27)/t21-/m0/s1. The number of rotatable bonds is 6. The van der Waals surface area contributed by atoms with Crippen molar-refractivity contribution in [2.45, 2.75) is 32.7 Å². The van der Waals surface area contributed by atoms with E-state index in [9.17, 15) is 4.79 Å². The highest BCUT2D eigenvalue weighted by atomic mass is 16.1. The van der Waals surface area contributed by atoms with Crippen molar-refractivity contribution in [1.82, 2.24) is 25.5 Å². The number of nitrogens with one attached hydrogen (secondary N) is 3. The average Bonchev–Trinajstić information content (AvgIpc) is 3.28. The molecule has 0 radical (unpaired) electrons. The Morgan fingerprint density at radius 3 is 2.54 bits per heavy atom. The minimum absolute atomic E-state index is 0.0192. The zero-order chi connectivity index (χ0) is 19.5. The largest absolute Gasteiger partial charge is 0.342 e. The van der Waals surface area contributed by atoms with Crippen LogP contribution in [0.1, 0.15) is 40.8 Å². The van der Waals surface area contributed by atoms with E-state index in [-0.39, 0.29) is 11.9 Å². The normalized spacial score (nSPS) is 12.2. The molecular formula is C22H23N5O. The third kappa shape index (κ3) is 3.67. The molecule has 0 aliphatic rings. The minimum Gasteiger partial charge on any atom is -0.342 e. The van der Waals surface area contributed by atoms with Crippen molar-refractivity contribution < 1.29 is 4.79 Å². The van der Waals surface area contributed by atoms with Crippen LogP contribution in [0.2, 0.25) is 0 Å². The zero-order valence-corrected chi connectivity index (χ0v) is 16.0. The van der Waals surface area contributed by atoms with E-state index in [0.717, 1.165) is 39.4 Å². The van der Waals surface area contributed by atoms with Gasteiger partial charge >= 0.3 is 0 Å². The molecule has 2 aromatic heterocycles. The van der Waals surface area contributed by atoms with Crippen LogP contribution in [0.4, 0.5) is 0 Å². The van der Waals surface area contributed by atoms with Crippen molar-refractivity contribution in [3.05, 3.63) is 82.9 Å². The Morgan fingerprint density at radius 1 is 1.07 bits per heavy atom. The second kappa shape index (κ2) is 7.68. The molecule has 4 rings (SSSR count). The first kappa shape index (κ1) is 18.0. The molecule has 28 heavy (non-hydrogen) atoms. The highest BCUT2D eigenvalue weighted by Crippen LogP contribution is 2.23. The van der Waals surface area contributed by atoms with Gasteiger partial charge in [-0.15, -0.1) is 0 Å². The fourth-order valence-electron chi connectivity index (χ4n) is 3.48. The van der Waals surface area contributed by atoms with Crippen molar-refractivity contribution in [2.24, 2.45) is 0 Å². The third-order valence-corrected chi connectivity index (χ3v) is 5.00. The van der Waals surface area contributed by atoms with Gasteiger partial charge in [-0.25, -0.2) is 4.98 Å².